The van der Waals surface area contributed by atoms with Crippen LogP contribution in [0.3, 0.4) is 0 Å². The molecule has 0 saturated carbocycles. The third-order valence-electron chi connectivity index (χ3n) is 2.34. The van der Waals surface area contributed by atoms with Crippen LogP contribution in [0, 0.1) is 12.7 Å². The lowest BCUT2D eigenvalue weighted by molar-refractivity contribution is -0.132. The summed E-state index contributed by atoms with van der Waals surface area (Å²) in [5.74, 6) is -1.46. The van der Waals surface area contributed by atoms with Crippen molar-refractivity contribution in [1.29, 1.82) is 0 Å². The fourth-order valence-electron chi connectivity index (χ4n) is 1.25. The summed E-state index contributed by atoms with van der Waals surface area (Å²) < 4.78 is 48.8. The van der Waals surface area contributed by atoms with Crippen LogP contribution in [0.4, 0.5) is 23.2 Å². The summed E-state index contributed by atoms with van der Waals surface area (Å²) in [4.78, 5) is 11.4. The summed E-state index contributed by atoms with van der Waals surface area (Å²) in [6.45, 7) is 0.883. The Balaban J connectivity index is 2.68. The highest BCUT2D eigenvalue weighted by Gasteiger charge is 2.26. The van der Waals surface area contributed by atoms with Crippen molar-refractivity contribution < 1.29 is 22.4 Å². The Kier molecular flexibility index (Phi) is 4.15. The number of nitrogens with two attached hydrogens (primary N) is 1. The standard InChI is InChI=1S/C11H12F4N2O/c1-6-8(12)4-7(5-9(6)16)10(18)17-3-2-11(13,14)15/h4-5H,2-3,16H2,1H3,(H,17,18). The van der Waals surface area contributed by atoms with Gasteiger partial charge in [0.2, 0.25) is 0 Å². The van der Waals surface area contributed by atoms with Gasteiger partial charge >= 0.3 is 6.18 Å². The number of hydrogen-bond acceptors (Lipinski definition) is 2. The normalized spacial score (nSPS) is 11.4. The molecule has 0 spiro atoms. The van der Waals surface area contributed by atoms with Gasteiger partial charge in [0, 0.05) is 23.4 Å². The van der Waals surface area contributed by atoms with Gasteiger partial charge in [0.15, 0.2) is 0 Å². The maximum Gasteiger partial charge on any atom is 0.390 e. The number of amides is 1. The number of alkyl halides is 3. The molecule has 7 heteroatoms. The summed E-state index contributed by atoms with van der Waals surface area (Å²) in [6, 6.07) is 2.16. The van der Waals surface area contributed by atoms with Gasteiger partial charge < -0.3 is 11.1 Å². The van der Waals surface area contributed by atoms with Crippen molar-refractivity contribution in [3.63, 3.8) is 0 Å². The predicted molar refractivity (Wildman–Crippen MR) is 58.6 cm³/mol. The van der Waals surface area contributed by atoms with Crippen LogP contribution in [0.15, 0.2) is 12.1 Å². The molecule has 18 heavy (non-hydrogen) atoms. The lowest BCUT2D eigenvalue weighted by atomic mass is 10.1. The van der Waals surface area contributed by atoms with E-state index in [0.717, 1.165) is 6.07 Å². The van der Waals surface area contributed by atoms with Crippen molar-refractivity contribution >= 4 is 11.6 Å². The third kappa shape index (κ3) is 3.90. The first-order valence-corrected chi connectivity index (χ1v) is 5.11. The molecule has 0 bridgehead atoms. The molecule has 1 amide bonds. The Morgan fingerprint density at radius 3 is 2.50 bits per heavy atom. The molecule has 0 radical (unpaired) electrons. The van der Waals surface area contributed by atoms with Crippen molar-refractivity contribution in [2.45, 2.75) is 19.5 Å². The first-order chi connectivity index (χ1) is 8.20. The first kappa shape index (κ1) is 14.3. The van der Waals surface area contributed by atoms with Crippen molar-refractivity contribution in [1.82, 2.24) is 5.32 Å². The van der Waals surface area contributed by atoms with Crippen molar-refractivity contribution in [3.8, 4) is 0 Å². The highest BCUT2D eigenvalue weighted by Crippen LogP contribution is 2.19. The van der Waals surface area contributed by atoms with E-state index in [1.807, 2.05) is 5.32 Å². The minimum Gasteiger partial charge on any atom is -0.398 e. The summed E-state index contributed by atoms with van der Waals surface area (Å²) >= 11 is 0. The van der Waals surface area contributed by atoms with Gasteiger partial charge in [-0.3, -0.25) is 4.79 Å². The zero-order valence-electron chi connectivity index (χ0n) is 9.57. The first-order valence-electron chi connectivity index (χ1n) is 5.11. The number of nitrogen functional groups attached to an aromatic ring is 1. The minimum absolute atomic E-state index is 0.0796. The lowest BCUT2D eigenvalue weighted by Crippen LogP contribution is -2.28. The maximum absolute atomic E-state index is 13.3. The number of carbonyl (C=O) groups is 1. The average Bonchev–Trinajstić information content (AvgIpc) is 2.23. The fourth-order valence-corrected chi connectivity index (χ4v) is 1.25. The van der Waals surface area contributed by atoms with E-state index in [4.69, 9.17) is 5.73 Å². The fraction of sp³-hybridized carbons (Fsp3) is 0.364. The second-order valence-electron chi connectivity index (χ2n) is 3.79. The van der Waals surface area contributed by atoms with Crippen LogP contribution in [0.2, 0.25) is 0 Å². The van der Waals surface area contributed by atoms with Gasteiger partial charge in [0.1, 0.15) is 5.82 Å². The Labute approximate surface area is 101 Å². The van der Waals surface area contributed by atoms with Crippen molar-refractivity contribution in [2.75, 3.05) is 12.3 Å². The van der Waals surface area contributed by atoms with E-state index in [1.165, 1.54) is 13.0 Å². The quantitative estimate of drug-likeness (QED) is 0.650. The summed E-state index contributed by atoms with van der Waals surface area (Å²) in [7, 11) is 0. The highest BCUT2D eigenvalue weighted by atomic mass is 19.4. The lowest BCUT2D eigenvalue weighted by Gasteiger charge is -2.09. The largest absolute Gasteiger partial charge is 0.398 e. The molecule has 0 fully saturated rings. The molecule has 0 heterocycles. The smallest absolute Gasteiger partial charge is 0.390 e. The molecule has 0 aromatic heterocycles. The predicted octanol–water partition coefficient (Wildman–Crippen LogP) is 2.40. The Morgan fingerprint density at radius 2 is 2.00 bits per heavy atom. The minimum atomic E-state index is -4.34. The van der Waals surface area contributed by atoms with Gasteiger partial charge in [-0.1, -0.05) is 0 Å². The van der Waals surface area contributed by atoms with Crippen LogP contribution >= 0.6 is 0 Å². The van der Waals surface area contributed by atoms with E-state index in [9.17, 15) is 22.4 Å². The molecule has 1 aromatic rings. The second kappa shape index (κ2) is 5.24. The summed E-state index contributed by atoms with van der Waals surface area (Å²) in [5, 5.41) is 2.05. The SMILES string of the molecule is Cc1c(N)cc(C(=O)NCCC(F)(F)F)cc1F. The van der Waals surface area contributed by atoms with Crippen LogP contribution in [-0.2, 0) is 0 Å². The van der Waals surface area contributed by atoms with E-state index < -0.39 is 30.9 Å². The molecule has 0 unspecified atom stereocenters. The van der Waals surface area contributed by atoms with Gasteiger partial charge in [0.05, 0.1) is 6.42 Å². The van der Waals surface area contributed by atoms with Crippen LogP contribution in [0.25, 0.3) is 0 Å². The average molecular weight is 264 g/mol. The van der Waals surface area contributed by atoms with Gasteiger partial charge in [0.25, 0.3) is 5.91 Å². The molecular weight excluding hydrogens is 252 g/mol. The van der Waals surface area contributed by atoms with Crippen LogP contribution in [0.5, 0.6) is 0 Å². The molecule has 0 saturated heterocycles. The monoisotopic (exact) mass is 264 g/mol. The van der Waals surface area contributed by atoms with Gasteiger partial charge in [-0.25, -0.2) is 4.39 Å². The Hall–Kier alpha value is -1.79. The molecular formula is C11H12F4N2O. The number of rotatable bonds is 3. The van der Waals surface area contributed by atoms with Crippen LogP contribution in [-0.4, -0.2) is 18.6 Å². The van der Waals surface area contributed by atoms with Gasteiger partial charge in [-0.05, 0) is 19.1 Å². The maximum atomic E-state index is 13.3. The van der Waals surface area contributed by atoms with E-state index in [0.29, 0.717) is 0 Å². The van der Waals surface area contributed by atoms with E-state index in [-0.39, 0.29) is 16.8 Å². The molecule has 3 N–H and O–H groups in total. The Morgan fingerprint density at radius 1 is 1.39 bits per heavy atom. The van der Waals surface area contributed by atoms with E-state index >= 15 is 0 Å². The second-order valence-corrected chi connectivity index (χ2v) is 3.79. The number of carbonyl (C=O) groups excluding carboxylic acids is 1. The van der Waals surface area contributed by atoms with Crippen LogP contribution < -0.4 is 11.1 Å². The third-order valence-corrected chi connectivity index (χ3v) is 2.34. The molecule has 0 aliphatic rings. The number of halogens is 4. The zero-order chi connectivity index (χ0) is 13.9. The molecule has 0 aliphatic carbocycles. The van der Waals surface area contributed by atoms with Crippen LogP contribution in [0.1, 0.15) is 22.3 Å². The van der Waals surface area contributed by atoms with Gasteiger partial charge in [-0.15, -0.1) is 0 Å². The van der Waals surface area contributed by atoms with Crippen molar-refractivity contribution in [3.05, 3.63) is 29.1 Å². The molecule has 0 aliphatic heterocycles. The molecule has 100 valence electrons. The topological polar surface area (TPSA) is 55.1 Å². The zero-order valence-corrected chi connectivity index (χ0v) is 9.57. The number of hydrogen-bond donors (Lipinski definition) is 2. The molecule has 1 rings (SSSR count). The summed E-state index contributed by atoms with van der Waals surface area (Å²) in [6.07, 6.45) is -5.48. The number of benzene rings is 1. The van der Waals surface area contributed by atoms with Crippen molar-refractivity contribution in [2.24, 2.45) is 0 Å². The van der Waals surface area contributed by atoms with Gasteiger partial charge in [-0.2, -0.15) is 13.2 Å². The molecule has 0 atom stereocenters. The summed E-state index contributed by atoms with van der Waals surface area (Å²) in [5.41, 5.74) is 5.63. The number of nitrogens with one attached hydrogen (secondary N) is 1. The highest BCUT2D eigenvalue weighted by molar-refractivity contribution is 5.95. The molecule has 1 aromatic carbocycles. The number of anilines is 1. The molecule has 3 nitrogen and oxygen atoms in total. The van der Waals surface area contributed by atoms with E-state index in [1.54, 1.807) is 0 Å². The van der Waals surface area contributed by atoms with E-state index in [2.05, 4.69) is 0 Å². The Bertz CT molecular complexity index is 434.